The Bertz CT molecular complexity index is 782. The first-order chi connectivity index (χ1) is 12.9. The molecule has 0 aliphatic heterocycles. The van der Waals surface area contributed by atoms with E-state index in [0.29, 0.717) is 30.0 Å². The third-order valence-corrected chi connectivity index (χ3v) is 4.10. The molecular weight excluding hydrogens is 340 g/mol. The van der Waals surface area contributed by atoms with Gasteiger partial charge in [-0.25, -0.2) is 0 Å². The standard InChI is InChI=1S/C22H28N2O3/c1-5-11-23-21(25)18-9-7-8-10-19(18)24-22(26)20(6-2)27-17-13-15(3)12-16(4)14-17/h7-10,12-14,20H,5-6,11H2,1-4H3,(H,23,25)(H,24,26)/t20-/m1/s1. The highest BCUT2D eigenvalue weighted by Crippen LogP contribution is 2.20. The molecule has 0 saturated carbocycles. The summed E-state index contributed by atoms with van der Waals surface area (Å²) in [5.41, 5.74) is 3.09. The number of carbonyl (C=O) groups excluding carboxylic acids is 2. The zero-order valence-corrected chi connectivity index (χ0v) is 16.5. The summed E-state index contributed by atoms with van der Waals surface area (Å²) < 4.78 is 5.91. The number of benzene rings is 2. The van der Waals surface area contributed by atoms with Crippen molar-refractivity contribution in [3.05, 3.63) is 59.2 Å². The van der Waals surface area contributed by atoms with Crippen LogP contribution < -0.4 is 15.4 Å². The van der Waals surface area contributed by atoms with Gasteiger partial charge >= 0.3 is 0 Å². The minimum absolute atomic E-state index is 0.198. The number of amides is 2. The maximum absolute atomic E-state index is 12.7. The number of ether oxygens (including phenoxy) is 1. The number of hydrogen-bond acceptors (Lipinski definition) is 3. The van der Waals surface area contributed by atoms with Crippen LogP contribution in [0, 0.1) is 13.8 Å². The third kappa shape index (κ3) is 5.84. The first-order valence-corrected chi connectivity index (χ1v) is 9.37. The van der Waals surface area contributed by atoms with Gasteiger partial charge in [0.2, 0.25) is 0 Å². The Balaban J connectivity index is 2.13. The van der Waals surface area contributed by atoms with Gasteiger partial charge in [0.05, 0.1) is 11.3 Å². The molecule has 0 aromatic heterocycles. The lowest BCUT2D eigenvalue weighted by Crippen LogP contribution is -2.33. The van der Waals surface area contributed by atoms with Gasteiger partial charge in [0.25, 0.3) is 11.8 Å². The number of hydrogen-bond donors (Lipinski definition) is 2. The number of anilines is 1. The highest BCUT2D eigenvalue weighted by Gasteiger charge is 2.21. The highest BCUT2D eigenvalue weighted by molar-refractivity contribution is 6.04. The summed E-state index contributed by atoms with van der Waals surface area (Å²) in [4.78, 5) is 25.1. The molecule has 2 aromatic carbocycles. The molecule has 2 amide bonds. The van der Waals surface area contributed by atoms with E-state index in [1.807, 2.05) is 39.8 Å². The molecule has 144 valence electrons. The number of para-hydroxylation sites is 1. The molecule has 0 fully saturated rings. The number of rotatable bonds is 8. The van der Waals surface area contributed by atoms with E-state index in [0.717, 1.165) is 17.5 Å². The fraction of sp³-hybridized carbons (Fsp3) is 0.364. The number of carbonyl (C=O) groups is 2. The first kappa shape index (κ1) is 20.5. The van der Waals surface area contributed by atoms with E-state index in [2.05, 4.69) is 16.7 Å². The van der Waals surface area contributed by atoms with Crippen LogP contribution in [-0.4, -0.2) is 24.5 Å². The Morgan fingerprint density at radius 3 is 2.33 bits per heavy atom. The van der Waals surface area contributed by atoms with Crippen molar-refractivity contribution >= 4 is 17.5 Å². The fourth-order valence-corrected chi connectivity index (χ4v) is 2.82. The van der Waals surface area contributed by atoms with Gasteiger partial charge in [-0.2, -0.15) is 0 Å². The molecule has 0 radical (unpaired) electrons. The normalized spacial score (nSPS) is 11.6. The maximum Gasteiger partial charge on any atom is 0.265 e. The molecule has 1 atom stereocenters. The van der Waals surface area contributed by atoms with E-state index in [4.69, 9.17) is 4.74 Å². The first-order valence-electron chi connectivity index (χ1n) is 9.37. The van der Waals surface area contributed by atoms with Crippen molar-refractivity contribution in [2.45, 2.75) is 46.6 Å². The van der Waals surface area contributed by atoms with Gasteiger partial charge in [0.15, 0.2) is 6.10 Å². The highest BCUT2D eigenvalue weighted by atomic mass is 16.5. The smallest absolute Gasteiger partial charge is 0.265 e. The molecule has 0 heterocycles. The Morgan fingerprint density at radius 1 is 1.04 bits per heavy atom. The SMILES string of the molecule is CCCNC(=O)c1ccccc1NC(=O)[C@@H](CC)Oc1cc(C)cc(C)c1. The Morgan fingerprint density at radius 2 is 1.70 bits per heavy atom. The second kappa shape index (κ2) is 9.76. The number of aryl methyl sites for hydroxylation is 2. The summed E-state index contributed by atoms with van der Waals surface area (Å²) in [6, 6.07) is 12.9. The average Bonchev–Trinajstić information content (AvgIpc) is 2.63. The van der Waals surface area contributed by atoms with Crippen LogP contribution in [0.1, 0.15) is 48.2 Å². The molecule has 2 aromatic rings. The Labute approximate surface area is 161 Å². The minimum atomic E-state index is -0.641. The van der Waals surface area contributed by atoms with E-state index in [1.165, 1.54) is 0 Å². The summed E-state index contributed by atoms with van der Waals surface area (Å²) >= 11 is 0. The van der Waals surface area contributed by atoms with Crippen LogP contribution in [-0.2, 0) is 4.79 Å². The second-order valence-corrected chi connectivity index (χ2v) is 6.63. The van der Waals surface area contributed by atoms with Gasteiger partial charge in [-0.1, -0.05) is 32.0 Å². The molecule has 27 heavy (non-hydrogen) atoms. The van der Waals surface area contributed by atoms with Crippen molar-refractivity contribution < 1.29 is 14.3 Å². The molecule has 2 rings (SSSR count). The molecular formula is C22H28N2O3. The summed E-state index contributed by atoms with van der Waals surface area (Å²) in [6.45, 7) is 8.46. The lowest BCUT2D eigenvalue weighted by atomic mass is 10.1. The molecule has 2 N–H and O–H groups in total. The summed E-state index contributed by atoms with van der Waals surface area (Å²) in [5, 5.41) is 5.68. The topological polar surface area (TPSA) is 67.4 Å². The summed E-state index contributed by atoms with van der Waals surface area (Å²) in [6.07, 6.45) is 0.725. The maximum atomic E-state index is 12.7. The van der Waals surface area contributed by atoms with E-state index in [9.17, 15) is 9.59 Å². The van der Waals surface area contributed by atoms with E-state index in [-0.39, 0.29) is 11.8 Å². The van der Waals surface area contributed by atoms with Crippen LogP contribution in [0.4, 0.5) is 5.69 Å². The van der Waals surface area contributed by atoms with Crippen molar-refractivity contribution in [1.29, 1.82) is 0 Å². The summed E-state index contributed by atoms with van der Waals surface area (Å²) in [7, 11) is 0. The second-order valence-electron chi connectivity index (χ2n) is 6.63. The lowest BCUT2D eigenvalue weighted by molar-refractivity contribution is -0.122. The van der Waals surface area contributed by atoms with Crippen LogP contribution in [0.3, 0.4) is 0 Å². The minimum Gasteiger partial charge on any atom is -0.481 e. The van der Waals surface area contributed by atoms with Gasteiger partial charge in [0, 0.05) is 6.54 Å². The molecule has 0 saturated heterocycles. The van der Waals surface area contributed by atoms with E-state index >= 15 is 0 Å². The van der Waals surface area contributed by atoms with Crippen molar-refractivity contribution in [1.82, 2.24) is 5.32 Å². The Hall–Kier alpha value is -2.82. The van der Waals surface area contributed by atoms with Gasteiger partial charge in [-0.3, -0.25) is 9.59 Å². The van der Waals surface area contributed by atoms with Crippen LogP contribution in [0.2, 0.25) is 0 Å². The predicted octanol–water partition coefficient (Wildman–Crippen LogP) is 4.24. The molecule has 5 heteroatoms. The van der Waals surface area contributed by atoms with Gasteiger partial charge in [-0.15, -0.1) is 0 Å². The largest absolute Gasteiger partial charge is 0.481 e. The predicted molar refractivity (Wildman–Crippen MR) is 108 cm³/mol. The Kier molecular flexibility index (Phi) is 7.41. The number of nitrogens with one attached hydrogen (secondary N) is 2. The van der Waals surface area contributed by atoms with Gasteiger partial charge in [0.1, 0.15) is 5.75 Å². The van der Waals surface area contributed by atoms with Crippen molar-refractivity contribution in [3.8, 4) is 5.75 Å². The zero-order chi connectivity index (χ0) is 19.8. The monoisotopic (exact) mass is 368 g/mol. The van der Waals surface area contributed by atoms with E-state index < -0.39 is 6.10 Å². The molecule has 0 bridgehead atoms. The molecule has 0 aliphatic rings. The van der Waals surface area contributed by atoms with Crippen molar-refractivity contribution in [3.63, 3.8) is 0 Å². The van der Waals surface area contributed by atoms with Crippen LogP contribution in [0.15, 0.2) is 42.5 Å². The van der Waals surface area contributed by atoms with Crippen LogP contribution >= 0.6 is 0 Å². The third-order valence-electron chi connectivity index (χ3n) is 4.10. The van der Waals surface area contributed by atoms with Crippen molar-refractivity contribution in [2.24, 2.45) is 0 Å². The fourth-order valence-electron chi connectivity index (χ4n) is 2.82. The van der Waals surface area contributed by atoms with Gasteiger partial charge < -0.3 is 15.4 Å². The van der Waals surface area contributed by atoms with Gasteiger partial charge in [-0.05, 0) is 62.1 Å². The quantitative estimate of drug-likeness (QED) is 0.732. The van der Waals surface area contributed by atoms with E-state index in [1.54, 1.807) is 24.3 Å². The summed E-state index contributed by atoms with van der Waals surface area (Å²) in [5.74, 6) is 0.201. The molecule has 5 nitrogen and oxygen atoms in total. The zero-order valence-electron chi connectivity index (χ0n) is 16.5. The van der Waals surface area contributed by atoms with Crippen LogP contribution in [0.25, 0.3) is 0 Å². The molecule has 0 unspecified atom stereocenters. The average molecular weight is 368 g/mol. The van der Waals surface area contributed by atoms with Crippen molar-refractivity contribution in [2.75, 3.05) is 11.9 Å². The molecule has 0 aliphatic carbocycles. The molecule has 0 spiro atoms. The van der Waals surface area contributed by atoms with Crippen LogP contribution in [0.5, 0.6) is 5.75 Å². The lowest BCUT2D eigenvalue weighted by Gasteiger charge is -2.19.